The van der Waals surface area contributed by atoms with E-state index in [9.17, 15) is 8.42 Å². The van der Waals surface area contributed by atoms with Crippen LogP contribution < -0.4 is 10.0 Å². The molecule has 6 nitrogen and oxygen atoms in total. The zero-order valence-electron chi connectivity index (χ0n) is 14.5. The minimum Gasteiger partial charge on any atom is -0.336 e. The Kier molecular flexibility index (Phi) is 6.62. The van der Waals surface area contributed by atoms with Crippen LogP contribution in [0, 0.1) is 5.92 Å². The minimum atomic E-state index is -3.60. The maximum Gasteiger partial charge on any atom is 0.259 e. The van der Waals surface area contributed by atoms with Crippen LogP contribution in [0.1, 0.15) is 31.0 Å². The van der Waals surface area contributed by atoms with Crippen molar-refractivity contribution >= 4 is 22.4 Å². The molecular weight excluding hydrogens is 360 g/mol. The number of benzene rings is 1. The number of nitrogens with zero attached hydrogens (tertiary/aromatic N) is 2. The van der Waals surface area contributed by atoms with E-state index < -0.39 is 10.0 Å². The summed E-state index contributed by atoms with van der Waals surface area (Å²) in [4.78, 5) is 4.04. The lowest BCUT2D eigenvalue weighted by atomic mass is 9.95. The van der Waals surface area contributed by atoms with Crippen LogP contribution in [0.25, 0.3) is 0 Å². The normalized spacial score (nSPS) is 17.2. The second-order valence-corrected chi connectivity index (χ2v) is 8.32. The molecule has 8 heteroatoms. The average molecular weight is 385 g/mol. The predicted molar refractivity (Wildman–Crippen MR) is 100 cm³/mol. The molecule has 1 aliphatic rings. The monoisotopic (exact) mass is 384 g/mol. The van der Waals surface area contributed by atoms with E-state index in [0.717, 1.165) is 25.1 Å². The topological polar surface area (TPSA) is 76.0 Å². The first kappa shape index (κ1) is 19.9. The lowest BCUT2D eigenvalue weighted by molar-refractivity contribution is 0.491. The number of rotatable bonds is 6. The predicted octanol–water partition coefficient (Wildman–Crippen LogP) is 2.13. The van der Waals surface area contributed by atoms with Crippen LogP contribution in [0.2, 0.25) is 0 Å². The molecule has 2 N–H and O–H groups in total. The van der Waals surface area contributed by atoms with Crippen molar-refractivity contribution < 1.29 is 8.42 Å². The Labute approximate surface area is 155 Å². The Morgan fingerprint density at radius 1 is 1.36 bits per heavy atom. The first-order valence-corrected chi connectivity index (χ1v) is 9.76. The molecule has 3 rings (SSSR count). The van der Waals surface area contributed by atoms with Crippen molar-refractivity contribution in [3.63, 3.8) is 0 Å². The molecule has 0 amide bonds. The Morgan fingerprint density at radius 3 is 2.88 bits per heavy atom. The molecule has 1 aromatic carbocycles. The van der Waals surface area contributed by atoms with Gasteiger partial charge in [-0.15, -0.1) is 12.4 Å². The summed E-state index contributed by atoms with van der Waals surface area (Å²) in [6.45, 7) is 6.08. The zero-order chi connectivity index (χ0) is 17.2. The highest BCUT2D eigenvalue weighted by Crippen LogP contribution is 2.22. The lowest BCUT2D eigenvalue weighted by Gasteiger charge is -2.26. The highest BCUT2D eigenvalue weighted by Gasteiger charge is 2.23. The van der Waals surface area contributed by atoms with Gasteiger partial charge in [-0.1, -0.05) is 38.1 Å². The fraction of sp³-hybridized carbons (Fsp3) is 0.471. The van der Waals surface area contributed by atoms with E-state index in [1.807, 2.05) is 16.7 Å². The molecule has 2 heterocycles. The Bertz CT molecular complexity index is 804. The SMILES string of the molecule is CC(C)Cn1cnc(S(=O)(=O)NCC2NCCc3ccccc32)c1.Cl. The lowest BCUT2D eigenvalue weighted by Crippen LogP contribution is -2.38. The second kappa shape index (κ2) is 8.31. The van der Waals surface area contributed by atoms with E-state index in [1.54, 1.807) is 12.5 Å². The van der Waals surface area contributed by atoms with Crippen molar-refractivity contribution in [3.05, 3.63) is 47.9 Å². The van der Waals surface area contributed by atoms with E-state index in [4.69, 9.17) is 0 Å². The minimum absolute atomic E-state index is 0. The fourth-order valence-corrected chi connectivity index (χ4v) is 4.04. The van der Waals surface area contributed by atoms with E-state index in [2.05, 4.69) is 41.0 Å². The van der Waals surface area contributed by atoms with Crippen molar-refractivity contribution in [1.29, 1.82) is 0 Å². The highest BCUT2D eigenvalue weighted by molar-refractivity contribution is 7.89. The third kappa shape index (κ3) is 4.82. The molecule has 0 aliphatic carbocycles. The van der Waals surface area contributed by atoms with Crippen molar-refractivity contribution in [2.75, 3.05) is 13.1 Å². The Hall–Kier alpha value is -1.41. The van der Waals surface area contributed by atoms with Gasteiger partial charge in [-0.3, -0.25) is 0 Å². The molecule has 0 saturated carbocycles. The molecule has 0 radical (unpaired) electrons. The summed E-state index contributed by atoms with van der Waals surface area (Å²) in [5.41, 5.74) is 2.44. The van der Waals surface area contributed by atoms with Crippen molar-refractivity contribution in [1.82, 2.24) is 19.6 Å². The van der Waals surface area contributed by atoms with Crippen LogP contribution in [-0.2, 0) is 23.0 Å². The number of nitrogens with one attached hydrogen (secondary N) is 2. The zero-order valence-corrected chi connectivity index (χ0v) is 16.1. The van der Waals surface area contributed by atoms with Crippen LogP contribution in [-0.4, -0.2) is 31.1 Å². The number of fused-ring (bicyclic) bond motifs is 1. The first-order valence-electron chi connectivity index (χ1n) is 8.28. The smallest absolute Gasteiger partial charge is 0.259 e. The van der Waals surface area contributed by atoms with Gasteiger partial charge in [0.15, 0.2) is 5.03 Å². The average Bonchev–Trinajstić information content (AvgIpc) is 3.01. The number of aromatic nitrogens is 2. The van der Waals surface area contributed by atoms with Crippen molar-refractivity contribution in [2.24, 2.45) is 5.92 Å². The number of imidazole rings is 1. The number of halogens is 1. The Balaban J connectivity index is 0.00000225. The molecular formula is C17H25ClN4O2S. The van der Waals surface area contributed by atoms with Crippen LogP contribution in [0.5, 0.6) is 0 Å². The molecule has 138 valence electrons. The molecule has 0 saturated heterocycles. The maximum absolute atomic E-state index is 12.5. The van der Waals surface area contributed by atoms with Gasteiger partial charge in [-0.05, 0) is 30.0 Å². The molecule has 1 aromatic heterocycles. The van der Waals surface area contributed by atoms with Gasteiger partial charge in [0.2, 0.25) is 0 Å². The highest BCUT2D eigenvalue weighted by atomic mass is 35.5. The first-order chi connectivity index (χ1) is 11.5. The van der Waals surface area contributed by atoms with Crippen molar-refractivity contribution in [2.45, 2.75) is 37.9 Å². The van der Waals surface area contributed by atoms with E-state index in [0.29, 0.717) is 12.5 Å². The molecule has 0 bridgehead atoms. The second-order valence-electron chi connectivity index (χ2n) is 6.61. The molecule has 2 aromatic rings. The molecule has 0 fully saturated rings. The number of hydrogen-bond donors (Lipinski definition) is 2. The van der Waals surface area contributed by atoms with Gasteiger partial charge >= 0.3 is 0 Å². The molecule has 1 aliphatic heterocycles. The summed E-state index contributed by atoms with van der Waals surface area (Å²) >= 11 is 0. The van der Waals surface area contributed by atoms with Gasteiger partial charge in [0.25, 0.3) is 10.0 Å². The molecule has 1 unspecified atom stereocenters. The third-order valence-electron chi connectivity index (χ3n) is 4.15. The summed E-state index contributed by atoms with van der Waals surface area (Å²) in [6, 6.07) is 8.15. The number of hydrogen-bond acceptors (Lipinski definition) is 4. The summed E-state index contributed by atoms with van der Waals surface area (Å²) < 4.78 is 29.4. The van der Waals surface area contributed by atoms with Gasteiger partial charge in [-0.2, -0.15) is 0 Å². The summed E-state index contributed by atoms with van der Waals surface area (Å²) in [5.74, 6) is 0.436. The van der Waals surface area contributed by atoms with Gasteiger partial charge in [0.1, 0.15) is 0 Å². The summed E-state index contributed by atoms with van der Waals surface area (Å²) in [7, 11) is -3.60. The fourth-order valence-electron chi connectivity index (χ4n) is 3.04. The largest absolute Gasteiger partial charge is 0.336 e. The van der Waals surface area contributed by atoms with Crippen LogP contribution in [0.4, 0.5) is 0 Å². The molecule has 0 spiro atoms. The van der Waals surface area contributed by atoms with Gasteiger partial charge in [0.05, 0.1) is 6.33 Å². The Morgan fingerprint density at radius 2 is 2.12 bits per heavy atom. The van der Waals surface area contributed by atoms with Crippen molar-refractivity contribution in [3.8, 4) is 0 Å². The van der Waals surface area contributed by atoms with Crippen LogP contribution in [0.15, 0.2) is 41.8 Å². The maximum atomic E-state index is 12.5. The van der Waals surface area contributed by atoms with Crippen LogP contribution in [0.3, 0.4) is 0 Å². The van der Waals surface area contributed by atoms with Gasteiger partial charge < -0.3 is 9.88 Å². The van der Waals surface area contributed by atoms with E-state index in [1.165, 1.54) is 5.56 Å². The molecule has 25 heavy (non-hydrogen) atoms. The number of sulfonamides is 1. The molecule has 1 atom stereocenters. The van der Waals surface area contributed by atoms with Crippen LogP contribution >= 0.6 is 12.4 Å². The van der Waals surface area contributed by atoms with Gasteiger partial charge in [0, 0.05) is 25.3 Å². The summed E-state index contributed by atoms with van der Waals surface area (Å²) in [5, 5.41) is 3.45. The summed E-state index contributed by atoms with van der Waals surface area (Å²) in [6.07, 6.45) is 4.13. The van der Waals surface area contributed by atoms with E-state index in [-0.39, 0.29) is 23.5 Å². The standard InChI is InChI=1S/C17H24N4O2S.ClH/c1-13(2)10-21-11-17(19-12-21)24(22,23)20-9-16-15-6-4-3-5-14(15)7-8-18-16;/h3-6,11-13,16,18,20H,7-10H2,1-2H3;1H. The van der Waals surface area contributed by atoms with Gasteiger partial charge in [-0.25, -0.2) is 18.1 Å². The third-order valence-corrected chi connectivity index (χ3v) is 5.46. The van der Waals surface area contributed by atoms with E-state index >= 15 is 0 Å². The quantitative estimate of drug-likeness (QED) is 0.799.